The van der Waals surface area contributed by atoms with Gasteiger partial charge in [0.1, 0.15) is 5.65 Å². The molecule has 2 aromatic rings. The molecule has 0 radical (unpaired) electrons. The topological polar surface area (TPSA) is 17.3 Å². The van der Waals surface area contributed by atoms with E-state index in [1.165, 1.54) is 18.5 Å². The van der Waals surface area contributed by atoms with Gasteiger partial charge in [0.05, 0.1) is 5.69 Å². The number of pyridine rings is 1. The van der Waals surface area contributed by atoms with Crippen molar-refractivity contribution in [1.29, 1.82) is 0 Å². The Hall–Kier alpha value is -1.31. The highest BCUT2D eigenvalue weighted by Crippen LogP contribution is 2.19. The summed E-state index contributed by atoms with van der Waals surface area (Å²) in [5.74, 6) is 0.569. The van der Waals surface area contributed by atoms with Crippen LogP contribution in [-0.4, -0.2) is 9.38 Å². The first-order chi connectivity index (χ1) is 6.81. The number of aromatic nitrogens is 2. The van der Waals surface area contributed by atoms with Crippen molar-refractivity contribution < 1.29 is 0 Å². The van der Waals surface area contributed by atoms with Crippen LogP contribution in [0.15, 0.2) is 30.6 Å². The maximum atomic E-state index is 4.59. The molecule has 0 bridgehead atoms. The van der Waals surface area contributed by atoms with E-state index in [1.54, 1.807) is 0 Å². The van der Waals surface area contributed by atoms with Gasteiger partial charge in [-0.05, 0) is 24.5 Å². The van der Waals surface area contributed by atoms with E-state index >= 15 is 0 Å². The number of fused-ring (bicyclic) bond motifs is 1. The first kappa shape index (κ1) is 9.25. The fourth-order valence-electron chi connectivity index (χ4n) is 1.77. The highest BCUT2D eigenvalue weighted by Gasteiger charge is 2.08. The second-order valence-corrected chi connectivity index (χ2v) is 3.82. The van der Waals surface area contributed by atoms with Gasteiger partial charge in [-0.25, -0.2) is 4.98 Å². The van der Waals surface area contributed by atoms with Gasteiger partial charge in [-0.1, -0.05) is 26.3 Å². The van der Waals surface area contributed by atoms with E-state index in [0.717, 1.165) is 5.65 Å². The third-order valence-corrected chi connectivity index (χ3v) is 2.61. The molecule has 0 fully saturated rings. The van der Waals surface area contributed by atoms with Crippen LogP contribution >= 0.6 is 0 Å². The minimum Gasteiger partial charge on any atom is -0.307 e. The molecule has 0 saturated heterocycles. The molecule has 0 N–H and O–H groups in total. The maximum Gasteiger partial charge on any atom is 0.136 e. The molecule has 0 aliphatic carbocycles. The lowest BCUT2D eigenvalue weighted by Gasteiger charge is -2.04. The Bertz CT molecular complexity index is 384. The minimum absolute atomic E-state index is 0.569. The van der Waals surface area contributed by atoms with Gasteiger partial charge in [0.25, 0.3) is 0 Å². The van der Waals surface area contributed by atoms with Crippen molar-refractivity contribution in [2.45, 2.75) is 32.6 Å². The first-order valence-electron chi connectivity index (χ1n) is 5.25. The zero-order chi connectivity index (χ0) is 9.97. The number of nitrogens with zero attached hydrogens (tertiary/aromatic N) is 2. The van der Waals surface area contributed by atoms with Crippen molar-refractivity contribution >= 4 is 5.65 Å². The molecule has 2 heterocycles. The maximum absolute atomic E-state index is 4.59. The van der Waals surface area contributed by atoms with Gasteiger partial charge in [-0.3, -0.25) is 0 Å². The lowest BCUT2D eigenvalue weighted by molar-refractivity contribution is 0.651. The van der Waals surface area contributed by atoms with E-state index in [-0.39, 0.29) is 0 Å². The van der Waals surface area contributed by atoms with E-state index in [2.05, 4.69) is 29.4 Å². The fraction of sp³-hybridized carbons (Fsp3) is 0.417. The average Bonchev–Trinajstić information content (AvgIpc) is 2.61. The van der Waals surface area contributed by atoms with Crippen molar-refractivity contribution in [3.8, 4) is 0 Å². The predicted octanol–water partition coefficient (Wildman–Crippen LogP) is 3.24. The van der Waals surface area contributed by atoms with Gasteiger partial charge in [0.2, 0.25) is 0 Å². The van der Waals surface area contributed by atoms with E-state index in [1.807, 2.05) is 24.4 Å². The second kappa shape index (κ2) is 3.82. The Labute approximate surface area is 84.6 Å². The van der Waals surface area contributed by atoms with Gasteiger partial charge < -0.3 is 4.40 Å². The van der Waals surface area contributed by atoms with Crippen LogP contribution in [0.5, 0.6) is 0 Å². The lowest BCUT2D eigenvalue weighted by Crippen LogP contribution is -1.92. The normalized spacial score (nSPS) is 13.3. The smallest absolute Gasteiger partial charge is 0.136 e. The summed E-state index contributed by atoms with van der Waals surface area (Å²) >= 11 is 0. The second-order valence-electron chi connectivity index (χ2n) is 3.82. The van der Waals surface area contributed by atoms with Crippen molar-refractivity contribution in [2.75, 3.05) is 0 Å². The van der Waals surface area contributed by atoms with Crippen LogP contribution in [-0.2, 0) is 0 Å². The van der Waals surface area contributed by atoms with Gasteiger partial charge in [-0.2, -0.15) is 0 Å². The van der Waals surface area contributed by atoms with Crippen molar-refractivity contribution in [1.82, 2.24) is 9.38 Å². The number of rotatable bonds is 3. The number of imidazole rings is 1. The lowest BCUT2D eigenvalue weighted by atomic mass is 10.0. The van der Waals surface area contributed by atoms with E-state index in [4.69, 9.17) is 0 Å². The molecule has 1 unspecified atom stereocenters. The Morgan fingerprint density at radius 3 is 3.00 bits per heavy atom. The average molecular weight is 188 g/mol. The highest BCUT2D eigenvalue weighted by molar-refractivity contribution is 5.39. The molecule has 14 heavy (non-hydrogen) atoms. The summed E-state index contributed by atoms with van der Waals surface area (Å²) in [6.07, 6.45) is 6.61. The van der Waals surface area contributed by atoms with Crippen LogP contribution < -0.4 is 0 Å². The molecule has 2 nitrogen and oxygen atoms in total. The van der Waals surface area contributed by atoms with Crippen molar-refractivity contribution in [2.24, 2.45) is 0 Å². The number of hydrogen-bond acceptors (Lipinski definition) is 1. The molecule has 0 amide bonds. The zero-order valence-electron chi connectivity index (χ0n) is 8.77. The fourth-order valence-corrected chi connectivity index (χ4v) is 1.77. The summed E-state index contributed by atoms with van der Waals surface area (Å²) in [6, 6.07) is 6.10. The molecule has 74 valence electrons. The SMILES string of the molecule is CCCC(C)c1cn2ccccc2n1. The summed E-state index contributed by atoms with van der Waals surface area (Å²) in [5.41, 5.74) is 2.25. The summed E-state index contributed by atoms with van der Waals surface area (Å²) in [4.78, 5) is 4.59. The Balaban J connectivity index is 2.35. The van der Waals surface area contributed by atoms with Crippen molar-refractivity contribution in [3.63, 3.8) is 0 Å². The predicted molar refractivity (Wildman–Crippen MR) is 58.5 cm³/mol. The van der Waals surface area contributed by atoms with Crippen LogP contribution in [0.3, 0.4) is 0 Å². The van der Waals surface area contributed by atoms with Crippen LogP contribution in [0.4, 0.5) is 0 Å². The van der Waals surface area contributed by atoms with E-state index in [9.17, 15) is 0 Å². The van der Waals surface area contributed by atoms with Crippen LogP contribution in [0, 0.1) is 0 Å². The molecule has 2 heteroatoms. The number of hydrogen-bond donors (Lipinski definition) is 0. The summed E-state index contributed by atoms with van der Waals surface area (Å²) in [5, 5.41) is 0. The Morgan fingerprint density at radius 1 is 1.43 bits per heavy atom. The first-order valence-corrected chi connectivity index (χ1v) is 5.25. The third-order valence-electron chi connectivity index (χ3n) is 2.61. The molecule has 0 saturated carbocycles. The molecular weight excluding hydrogens is 172 g/mol. The molecule has 0 spiro atoms. The standard InChI is InChI=1S/C12H16N2/c1-3-6-10(2)11-9-14-8-5-4-7-12(14)13-11/h4-5,7-10H,3,6H2,1-2H3. The van der Waals surface area contributed by atoms with Gasteiger partial charge in [0.15, 0.2) is 0 Å². The summed E-state index contributed by atoms with van der Waals surface area (Å²) in [7, 11) is 0. The van der Waals surface area contributed by atoms with Gasteiger partial charge >= 0.3 is 0 Å². The monoisotopic (exact) mass is 188 g/mol. The largest absolute Gasteiger partial charge is 0.307 e. The summed E-state index contributed by atoms with van der Waals surface area (Å²) in [6.45, 7) is 4.46. The molecular formula is C12H16N2. The molecule has 0 aliphatic rings. The quantitative estimate of drug-likeness (QED) is 0.722. The van der Waals surface area contributed by atoms with Crippen LogP contribution in [0.2, 0.25) is 0 Å². The molecule has 0 aliphatic heterocycles. The minimum atomic E-state index is 0.569. The van der Waals surface area contributed by atoms with Gasteiger partial charge in [0, 0.05) is 12.4 Å². The van der Waals surface area contributed by atoms with Crippen LogP contribution in [0.25, 0.3) is 5.65 Å². The Morgan fingerprint density at radius 2 is 2.29 bits per heavy atom. The molecule has 2 rings (SSSR count). The highest BCUT2D eigenvalue weighted by atomic mass is 15.0. The Kier molecular flexibility index (Phi) is 2.53. The zero-order valence-corrected chi connectivity index (χ0v) is 8.77. The van der Waals surface area contributed by atoms with Crippen molar-refractivity contribution in [3.05, 3.63) is 36.3 Å². The van der Waals surface area contributed by atoms with E-state index in [0.29, 0.717) is 5.92 Å². The third kappa shape index (κ3) is 1.65. The molecule has 0 aromatic carbocycles. The summed E-state index contributed by atoms with van der Waals surface area (Å²) < 4.78 is 2.08. The van der Waals surface area contributed by atoms with E-state index < -0.39 is 0 Å². The molecule has 2 aromatic heterocycles. The van der Waals surface area contributed by atoms with Crippen LogP contribution in [0.1, 0.15) is 38.3 Å². The molecule has 1 atom stereocenters. The van der Waals surface area contributed by atoms with Gasteiger partial charge in [-0.15, -0.1) is 0 Å².